The second-order valence-electron chi connectivity index (χ2n) is 4.22. The van der Waals surface area contributed by atoms with Crippen LogP contribution >= 0.6 is 0 Å². The molecular formula is C13H10F5NO3. The van der Waals surface area contributed by atoms with Crippen molar-refractivity contribution < 1.29 is 37.0 Å². The number of carboxylic acids is 1. The molecule has 0 saturated carbocycles. The van der Waals surface area contributed by atoms with Crippen LogP contribution in [0, 0.1) is 5.41 Å². The highest BCUT2D eigenvalue weighted by molar-refractivity contribution is 6.18. The fraction of sp³-hybridized carbons (Fsp3) is 0.231. The fourth-order valence-corrected chi connectivity index (χ4v) is 1.61. The van der Waals surface area contributed by atoms with Gasteiger partial charge in [-0.3, -0.25) is 0 Å². The van der Waals surface area contributed by atoms with Crippen LogP contribution in [0.4, 0.5) is 22.0 Å². The van der Waals surface area contributed by atoms with Gasteiger partial charge in [0.15, 0.2) is 5.76 Å². The number of hydrogen-bond donors (Lipinski definition) is 3. The van der Waals surface area contributed by atoms with E-state index in [0.717, 1.165) is 24.3 Å². The molecule has 1 rings (SSSR count). The Morgan fingerprint density at radius 1 is 1.14 bits per heavy atom. The molecule has 120 valence electrons. The minimum Gasteiger partial charge on any atom is -0.506 e. The van der Waals surface area contributed by atoms with Crippen LogP contribution in [0.1, 0.15) is 11.1 Å². The molecule has 0 heterocycles. The number of allylic oxidation sites excluding steroid dienone is 1. The van der Waals surface area contributed by atoms with E-state index in [0.29, 0.717) is 0 Å². The molecule has 3 N–H and O–H groups in total. The summed E-state index contributed by atoms with van der Waals surface area (Å²) in [5, 5.41) is 25.2. The van der Waals surface area contributed by atoms with Gasteiger partial charge in [-0.25, -0.2) is 13.6 Å². The molecule has 0 spiro atoms. The van der Waals surface area contributed by atoms with Crippen LogP contribution in [0.5, 0.6) is 0 Å². The van der Waals surface area contributed by atoms with E-state index >= 15 is 0 Å². The van der Waals surface area contributed by atoms with Crippen LogP contribution in [0.15, 0.2) is 35.6 Å². The summed E-state index contributed by atoms with van der Waals surface area (Å²) in [4.78, 5) is 10.8. The van der Waals surface area contributed by atoms with Gasteiger partial charge in [0.25, 0.3) is 6.43 Å². The number of halogens is 5. The predicted molar refractivity (Wildman–Crippen MR) is 66.2 cm³/mol. The average Bonchev–Trinajstić information content (AvgIpc) is 2.37. The summed E-state index contributed by atoms with van der Waals surface area (Å²) < 4.78 is 61.8. The van der Waals surface area contributed by atoms with Crippen molar-refractivity contribution in [3.8, 4) is 0 Å². The largest absolute Gasteiger partial charge is 0.506 e. The number of benzene rings is 1. The summed E-state index contributed by atoms with van der Waals surface area (Å²) in [5.74, 6) is -3.68. The van der Waals surface area contributed by atoms with E-state index in [1.54, 1.807) is 0 Å². The van der Waals surface area contributed by atoms with Crippen molar-refractivity contribution >= 4 is 11.7 Å². The molecule has 0 aliphatic rings. The molecule has 0 aliphatic heterocycles. The first-order valence-electron chi connectivity index (χ1n) is 5.72. The first-order chi connectivity index (χ1) is 10.0. The van der Waals surface area contributed by atoms with Gasteiger partial charge in [-0.15, -0.1) is 0 Å². The van der Waals surface area contributed by atoms with Crippen LogP contribution < -0.4 is 0 Å². The maximum Gasteiger partial charge on any atom is 0.416 e. The van der Waals surface area contributed by atoms with Gasteiger partial charge in [0.1, 0.15) is 5.57 Å². The van der Waals surface area contributed by atoms with E-state index in [9.17, 15) is 26.7 Å². The van der Waals surface area contributed by atoms with Crippen molar-refractivity contribution in [2.75, 3.05) is 0 Å². The molecule has 0 bridgehead atoms. The zero-order chi connectivity index (χ0) is 17.1. The molecule has 0 unspecified atom stereocenters. The van der Waals surface area contributed by atoms with Crippen molar-refractivity contribution in [2.24, 2.45) is 0 Å². The second kappa shape index (κ2) is 6.54. The van der Waals surface area contributed by atoms with Crippen molar-refractivity contribution in [1.29, 1.82) is 5.41 Å². The standard InChI is InChI=1S/C13H10F5NO3/c14-11(15)10(20)9(12(21)22)8(19)5-6-1-3-7(4-2-6)13(16,17)18/h1-4,11,19-20H,5H2,(H,21,22). The highest BCUT2D eigenvalue weighted by Gasteiger charge is 2.30. The van der Waals surface area contributed by atoms with Crippen molar-refractivity contribution in [3.05, 3.63) is 46.7 Å². The first-order valence-corrected chi connectivity index (χ1v) is 5.72. The Morgan fingerprint density at radius 2 is 1.64 bits per heavy atom. The van der Waals surface area contributed by atoms with Crippen LogP contribution in [0.25, 0.3) is 0 Å². The van der Waals surface area contributed by atoms with Gasteiger partial charge in [-0.1, -0.05) is 12.1 Å². The van der Waals surface area contributed by atoms with E-state index in [4.69, 9.17) is 15.6 Å². The number of carbonyl (C=O) groups is 1. The van der Waals surface area contributed by atoms with Crippen LogP contribution in [0.3, 0.4) is 0 Å². The molecule has 0 saturated heterocycles. The molecule has 1 aromatic carbocycles. The van der Waals surface area contributed by atoms with Crippen molar-refractivity contribution in [1.82, 2.24) is 0 Å². The summed E-state index contributed by atoms with van der Waals surface area (Å²) in [6.07, 6.45) is -8.54. The Kier molecular flexibility index (Phi) is 5.23. The summed E-state index contributed by atoms with van der Waals surface area (Å²) in [7, 11) is 0. The number of aliphatic hydroxyl groups excluding tert-OH is 1. The number of aliphatic hydroxyl groups is 1. The summed E-state index contributed by atoms with van der Waals surface area (Å²) in [6.45, 7) is 0. The minimum absolute atomic E-state index is 0.110. The highest BCUT2D eigenvalue weighted by atomic mass is 19.4. The summed E-state index contributed by atoms with van der Waals surface area (Å²) >= 11 is 0. The fourth-order valence-electron chi connectivity index (χ4n) is 1.61. The van der Waals surface area contributed by atoms with Gasteiger partial charge in [0, 0.05) is 6.42 Å². The number of aliphatic carboxylic acids is 1. The SMILES string of the molecule is N=C(Cc1ccc(C(F)(F)F)cc1)C(C(=O)O)=C(O)C(F)F. The van der Waals surface area contributed by atoms with Crippen LogP contribution in [-0.4, -0.2) is 28.3 Å². The molecule has 0 aliphatic carbocycles. The van der Waals surface area contributed by atoms with E-state index in [1.807, 2.05) is 0 Å². The maximum absolute atomic E-state index is 12.4. The third kappa shape index (κ3) is 4.27. The zero-order valence-electron chi connectivity index (χ0n) is 10.8. The van der Waals surface area contributed by atoms with Gasteiger partial charge in [-0.05, 0) is 17.7 Å². The quantitative estimate of drug-likeness (QED) is 0.336. The van der Waals surface area contributed by atoms with E-state index < -0.39 is 47.6 Å². The number of carboxylic acid groups (broad SMARTS) is 1. The van der Waals surface area contributed by atoms with Crippen molar-refractivity contribution in [3.63, 3.8) is 0 Å². The molecule has 4 nitrogen and oxygen atoms in total. The molecule has 0 atom stereocenters. The number of rotatable bonds is 5. The Balaban J connectivity index is 3.01. The normalized spacial score (nSPS) is 13.0. The van der Waals surface area contributed by atoms with Crippen LogP contribution in [-0.2, 0) is 17.4 Å². The van der Waals surface area contributed by atoms with Crippen molar-refractivity contribution in [2.45, 2.75) is 19.0 Å². The molecule has 22 heavy (non-hydrogen) atoms. The van der Waals surface area contributed by atoms with Gasteiger partial charge in [0.05, 0.1) is 11.3 Å². The monoisotopic (exact) mass is 323 g/mol. The second-order valence-corrected chi connectivity index (χ2v) is 4.22. The summed E-state index contributed by atoms with van der Waals surface area (Å²) in [6, 6.07) is 3.44. The number of alkyl halides is 5. The number of hydrogen-bond acceptors (Lipinski definition) is 3. The van der Waals surface area contributed by atoms with E-state index in [-0.39, 0.29) is 5.56 Å². The molecule has 0 aromatic heterocycles. The average molecular weight is 323 g/mol. The molecule has 0 amide bonds. The Morgan fingerprint density at radius 3 is 2.00 bits per heavy atom. The lowest BCUT2D eigenvalue weighted by Gasteiger charge is -2.10. The molecule has 1 aromatic rings. The van der Waals surface area contributed by atoms with Gasteiger partial charge in [-0.2, -0.15) is 13.2 Å². The van der Waals surface area contributed by atoms with Gasteiger partial charge in [0.2, 0.25) is 0 Å². The number of nitrogens with one attached hydrogen (secondary N) is 1. The van der Waals surface area contributed by atoms with Gasteiger partial charge < -0.3 is 15.6 Å². The van der Waals surface area contributed by atoms with Crippen LogP contribution in [0.2, 0.25) is 0 Å². The third-order valence-electron chi connectivity index (χ3n) is 2.64. The minimum atomic E-state index is -4.55. The van der Waals surface area contributed by atoms with E-state index in [2.05, 4.69) is 0 Å². The predicted octanol–water partition coefficient (Wildman–Crippen LogP) is 3.43. The topological polar surface area (TPSA) is 81.4 Å². The van der Waals surface area contributed by atoms with Gasteiger partial charge >= 0.3 is 12.1 Å². The molecule has 9 heteroatoms. The lowest BCUT2D eigenvalue weighted by Crippen LogP contribution is -2.19. The first kappa shape index (κ1) is 17.6. The smallest absolute Gasteiger partial charge is 0.416 e. The summed E-state index contributed by atoms with van der Waals surface area (Å²) in [5.41, 5.74) is -2.94. The molecular weight excluding hydrogens is 313 g/mol. The Labute approximate surface area is 121 Å². The maximum atomic E-state index is 12.4. The van der Waals surface area contributed by atoms with E-state index in [1.165, 1.54) is 0 Å². The zero-order valence-corrected chi connectivity index (χ0v) is 10.8. The third-order valence-corrected chi connectivity index (χ3v) is 2.64. The Bertz CT molecular complexity index is 605. The Hall–Kier alpha value is -2.45. The lowest BCUT2D eigenvalue weighted by molar-refractivity contribution is -0.137. The highest BCUT2D eigenvalue weighted by Crippen LogP contribution is 2.29. The molecule has 0 fully saturated rings. The lowest BCUT2D eigenvalue weighted by atomic mass is 10.00. The molecule has 0 radical (unpaired) electrons.